The highest BCUT2D eigenvalue weighted by atomic mass is 16.4. The van der Waals surface area contributed by atoms with Gasteiger partial charge in [-0.15, -0.1) is 0 Å². The van der Waals surface area contributed by atoms with Gasteiger partial charge in [0.25, 0.3) is 0 Å². The highest BCUT2D eigenvalue weighted by Crippen LogP contribution is 2.48. The van der Waals surface area contributed by atoms with E-state index in [4.69, 9.17) is 10.9 Å². The first-order chi connectivity index (χ1) is 7.72. The summed E-state index contributed by atoms with van der Waals surface area (Å²) in [5.74, 6) is 0.366. The zero-order valence-corrected chi connectivity index (χ0v) is 10.3. The normalized spacial score (nSPS) is 18.7. The third-order valence-electron chi connectivity index (χ3n) is 3.35. The quantitative estimate of drug-likeness (QED) is 0.186. The van der Waals surface area contributed by atoms with Crippen LogP contribution in [0.1, 0.15) is 51.9 Å². The van der Waals surface area contributed by atoms with Crippen LogP contribution >= 0.6 is 0 Å². The Labute approximate surface area is 98.3 Å². The second-order valence-electron chi connectivity index (χ2n) is 5.01. The number of nitrogens with one attached hydrogen (secondary N) is 1. The Morgan fingerprint density at radius 1 is 1.38 bits per heavy atom. The van der Waals surface area contributed by atoms with Gasteiger partial charge in [0.1, 0.15) is 5.84 Å². The molecule has 4 nitrogen and oxygen atoms in total. The van der Waals surface area contributed by atoms with Crippen molar-refractivity contribution in [3.05, 3.63) is 0 Å². The summed E-state index contributed by atoms with van der Waals surface area (Å²) in [4.78, 5) is 0. The van der Waals surface area contributed by atoms with Crippen molar-refractivity contribution in [1.82, 2.24) is 5.32 Å². The van der Waals surface area contributed by atoms with Crippen LogP contribution in [0.2, 0.25) is 0 Å². The first-order valence-corrected chi connectivity index (χ1v) is 6.39. The number of unbranched alkanes of at least 4 members (excludes halogenated alkanes) is 3. The minimum Gasteiger partial charge on any atom is -0.409 e. The fourth-order valence-electron chi connectivity index (χ4n) is 2.04. The average molecular weight is 227 g/mol. The lowest BCUT2D eigenvalue weighted by molar-refractivity contribution is 0.314. The molecule has 0 radical (unpaired) electrons. The SMILES string of the molecule is CCCCCCNCC1(CC(N)=NO)CC1. The van der Waals surface area contributed by atoms with E-state index in [0.29, 0.717) is 11.3 Å². The van der Waals surface area contributed by atoms with Gasteiger partial charge in [-0.1, -0.05) is 31.3 Å². The average Bonchev–Trinajstić information content (AvgIpc) is 3.03. The Morgan fingerprint density at radius 2 is 2.12 bits per heavy atom. The summed E-state index contributed by atoms with van der Waals surface area (Å²) >= 11 is 0. The summed E-state index contributed by atoms with van der Waals surface area (Å²) in [6.45, 7) is 4.33. The van der Waals surface area contributed by atoms with E-state index in [1.807, 2.05) is 0 Å². The first-order valence-electron chi connectivity index (χ1n) is 6.39. The number of nitrogens with two attached hydrogens (primary N) is 1. The van der Waals surface area contributed by atoms with Crippen LogP contribution in [0, 0.1) is 5.41 Å². The van der Waals surface area contributed by atoms with E-state index in [-0.39, 0.29) is 0 Å². The highest BCUT2D eigenvalue weighted by molar-refractivity contribution is 5.80. The lowest BCUT2D eigenvalue weighted by Gasteiger charge is -2.14. The molecule has 0 bridgehead atoms. The van der Waals surface area contributed by atoms with Crippen LogP contribution in [-0.4, -0.2) is 24.1 Å². The zero-order valence-electron chi connectivity index (χ0n) is 10.3. The van der Waals surface area contributed by atoms with Gasteiger partial charge >= 0.3 is 0 Å². The molecule has 1 saturated carbocycles. The molecule has 0 heterocycles. The maximum atomic E-state index is 8.54. The molecule has 0 amide bonds. The largest absolute Gasteiger partial charge is 0.409 e. The summed E-state index contributed by atoms with van der Waals surface area (Å²) in [7, 11) is 0. The number of hydrogen-bond donors (Lipinski definition) is 3. The van der Waals surface area contributed by atoms with Crippen molar-refractivity contribution in [2.45, 2.75) is 51.9 Å². The molecule has 0 spiro atoms. The van der Waals surface area contributed by atoms with E-state index in [2.05, 4.69) is 17.4 Å². The van der Waals surface area contributed by atoms with E-state index >= 15 is 0 Å². The van der Waals surface area contributed by atoms with Crippen LogP contribution in [0.5, 0.6) is 0 Å². The fourth-order valence-corrected chi connectivity index (χ4v) is 2.04. The Kier molecular flexibility index (Phi) is 5.60. The lowest BCUT2D eigenvalue weighted by Crippen LogP contribution is -2.29. The minimum atomic E-state index is 0.293. The summed E-state index contributed by atoms with van der Waals surface area (Å²) in [6, 6.07) is 0. The van der Waals surface area contributed by atoms with Gasteiger partial charge in [-0.05, 0) is 31.2 Å². The zero-order chi connectivity index (χ0) is 11.9. The standard InChI is InChI=1S/C12H25N3O/c1-2-3-4-5-8-14-10-12(6-7-12)9-11(13)15-16/h14,16H,2-10H2,1H3,(H2,13,15). The number of nitrogens with zero attached hydrogens (tertiary/aromatic N) is 1. The number of rotatable bonds is 9. The molecule has 0 aromatic heterocycles. The smallest absolute Gasteiger partial charge is 0.139 e. The van der Waals surface area contributed by atoms with Crippen molar-refractivity contribution in [3.8, 4) is 0 Å². The van der Waals surface area contributed by atoms with E-state index in [0.717, 1.165) is 19.5 Å². The molecule has 16 heavy (non-hydrogen) atoms. The van der Waals surface area contributed by atoms with Gasteiger partial charge in [0.2, 0.25) is 0 Å². The molecule has 94 valence electrons. The second-order valence-corrected chi connectivity index (χ2v) is 5.01. The van der Waals surface area contributed by atoms with Crippen molar-refractivity contribution < 1.29 is 5.21 Å². The minimum absolute atomic E-state index is 0.293. The predicted octanol–water partition coefficient (Wildman–Crippen LogP) is 2.07. The van der Waals surface area contributed by atoms with Crippen LogP contribution < -0.4 is 11.1 Å². The van der Waals surface area contributed by atoms with Gasteiger partial charge in [0, 0.05) is 13.0 Å². The van der Waals surface area contributed by atoms with Crippen molar-refractivity contribution in [2.75, 3.05) is 13.1 Å². The van der Waals surface area contributed by atoms with Crippen molar-refractivity contribution in [3.63, 3.8) is 0 Å². The summed E-state index contributed by atoms with van der Waals surface area (Å²) in [5, 5.41) is 15.1. The molecule has 0 aliphatic heterocycles. The Hall–Kier alpha value is -0.770. The van der Waals surface area contributed by atoms with Gasteiger partial charge in [0.05, 0.1) is 0 Å². The molecule has 4 heteroatoms. The Morgan fingerprint density at radius 3 is 2.69 bits per heavy atom. The van der Waals surface area contributed by atoms with Gasteiger partial charge < -0.3 is 16.3 Å². The number of hydrogen-bond acceptors (Lipinski definition) is 3. The molecule has 0 saturated heterocycles. The molecule has 1 rings (SSSR count). The monoisotopic (exact) mass is 227 g/mol. The fraction of sp³-hybridized carbons (Fsp3) is 0.917. The molecule has 4 N–H and O–H groups in total. The molecule has 0 atom stereocenters. The van der Waals surface area contributed by atoms with E-state index < -0.39 is 0 Å². The van der Waals surface area contributed by atoms with E-state index in [1.54, 1.807) is 0 Å². The van der Waals surface area contributed by atoms with E-state index in [1.165, 1.54) is 38.5 Å². The second kappa shape index (κ2) is 6.74. The maximum absolute atomic E-state index is 8.54. The molecule has 1 fully saturated rings. The topological polar surface area (TPSA) is 70.6 Å². The first kappa shape index (κ1) is 13.3. The Balaban J connectivity index is 2.04. The van der Waals surface area contributed by atoms with Gasteiger partial charge in [-0.3, -0.25) is 0 Å². The van der Waals surface area contributed by atoms with Crippen molar-refractivity contribution in [1.29, 1.82) is 0 Å². The van der Waals surface area contributed by atoms with Crippen LogP contribution in [0.15, 0.2) is 5.16 Å². The van der Waals surface area contributed by atoms with Crippen LogP contribution in [-0.2, 0) is 0 Å². The van der Waals surface area contributed by atoms with Gasteiger partial charge in [-0.25, -0.2) is 0 Å². The summed E-state index contributed by atoms with van der Waals surface area (Å²) < 4.78 is 0. The van der Waals surface area contributed by atoms with Crippen molar-refractivity contribution in [2.24, 2.45) is 16.3 Å². The summed E-state index contributed by atoms with van der Waals surface area (Å²) in [5.41, 5.74) is 5.83. The number of amidine groups is 1. The molecule has 0 unspecified atom stereocenters. The van der Waals surface area contributed by atoms with Crippen LogP contribution in [0.25, 0.3) is 0 Å². The molecule has 1 aliphatic rings. The summed E-state index contributed by atoms with van der Waals surface area (Å²) in [6.07, 6.45) is 8.32. The van der Waals surface area contributed by atoms with Gasteiger partial charge in [-0.2, -0.15) is 0 Å². The Bertz CT molecular complexity index is 224. The molecular weight excluding hydrogens is 202 g/mol. The lowest BCUT2D eigenvalue weighted by atomic mass is 10.0. The van der Waals surface area contributed by atoms with Crippen molar-refractivity contribution >= 4 is 5.84 Å². The molecular formula is C12H25N3O. The maximum Gasteiger partial charge on any atom is 0.139 e. The van der Waals surface area contributed by atoms with Crippen LogP contribution in [0.4, 0.5) is 0 Å². The third-order valence-corrected chi connectivity index (χ3v) is 3.35. The number of oxime groups is 1. The van der Waals surface area contributed by atoms with Crippen LogP contribution in [0.3, 0.4) is 0 Å². The third kappa shape index (κ3) is 4.84. The molecule has 0 aromatic rings. The predicted molar refractivity (Wildman–Crippen MR) is 66.7 cm³/mol. The van der Waals surface area contributed by atoms with E-state index in [9.17, 15) is 0 Å². The molecule has 1 aliphatic carbocycles. The molecule has 0 aromatic carbocycles. The highest BCUT2D eigenvalue weighted by Gasteiger charge is 2.42. The van der Waals surface area contributed by atoms with Gasteiger partial charge in [0.15, 0.2) is 0 Å².